The molecule has 128 valence electrons. The van der Waals surface area contributed by atoms with E-state index in [-0.39, 0.29) is 11.4 Å². The van der Waals surface area contributed by atoms with Crippen LogP contribution >= 0.6 is 0 Å². The minimum absolute atomic E-state index is 0.118. The highest BCUT2D eigenvalue weighted by atomic mass is 19.1. The number of benzene rings is 4. The SMILES string of the molecule is Nc1ccc(-c2cccc3c(-c4ccc(N)c(F)c4)cccc23)cc1F. The number of fused-ring (bicyclic) bond motifs is 1. The average Bonchev–Trinajstić information content (AvgIpc) is 2.65. The summed E-state index contributed by atoms with van der Waals surface area (Å²) in [6, 6.07) is 21.2. The third kappa shape index (κ3) is 2.65. The van der Waals surface area contributed by atoms with Crippen molar-refractivity contribution in [1.82, 2.24) is 0 Å². The maximum absolute atomic E-state index is 13.9. The largest absolute Gasteiger partial charge is 0.396 e. The molecule has 0 aromatic heterocycles. The Morgan fingerprint density at radius 2 is 0.962 bits per heavy atom. The minimum Gasteiger partial charge on any atom is -0.396 e. The predicted molar refractivity (Wildman–Crippen MR) is 104 cm³/mol. The van der Waals surface area contributed by atoms with Crippen LogP contribution in [0, 0.1) is 11.6 Å². The zero-order valence-electron chi connectivity index (χ0n) is 13.8. The van der Waals surface area contributed by atoms with Gasteiger partial charge in [-0.3, -0.25) is 0 Å². The standard InChI is InChI=1S/C22H16F2N2/c23-19-11-13(7-9-21(19)25)15-3-1-5-17-16(4-2-6-18(15)17)14-8-10-22(26)20(24)12-14/h1-12H,25-26H2. The molecule has 4 heteroatoms. The van der Waals surface area contributed by atoms with Crippen LogP contribution in [-0.4, -0.2) is 0 Å². The van der Waals surface area contributed by atoms with Crippen LogP contribution in [0.25, 0.3) is 33.0 Å². The van der Waals surface area contributed by atoms with Gasteiger partial charge in [0.25, 0.3) is 0 Å². The van der Waals surface area contributed by atoms with Crippen LogP contribution in [0.3, 0.4) is 0 Å². The van der Waals surface area contributed by atoms with Crippen molar-refractivity contribution in [2.45, 2.75) is 0 Å². The second-order valence-electron chi connectivity index (χ2n) is 6.18. The Morgan fingerprint density at radius 3 is 1.35 bits per heavy atom. The van der Waals surface area contributed by atoms with Gasteiger partial charge in [0.2, 0.25) is 0 Å². The fraction of sp³-hybridized carbons (Fsp3) is 0. The molecular weight excluding hydrogens is 330 g/mol. The Morgan fingerprint density at radius 1 is 0.538 bits per heavy atom. The smallest absolute Gasteiger partial charge is 0.146 e. The molecule has 4 rings (SSSR count). The molecule has 0 heterocycles. The van der Waals surface area contributed by atoms with Crippen molar-refractivity contribution in [3.05, 3.63) is 84.4 Å². The number of nitrogens with two attached hydrogens (primary N) is 2. The molecule has 0 spiro atoms. The predicted octanol–water partition coefficient (Wildman–Crippen LogP) is 5.62. The number of anilines is 2. The number of rotatable bonds is 2. The quantitative estimate of drug-likeness (QED) is 0.463. The molecule has 0 fully saturated rings. The van der Waals surface area contributed by atoms with Crippen LogP contribution in [0.4, 0.5) is 20.2 Å². The first-order valence-electron chi connectivity index (χ1n) is 8.17. The first kappa shape index (κ1) is 16.1. The molecule has 0 saturated carbocycles. The summed E-state index contributed by atoms with van der Waals surface area (Å²) in [5, 5.41) is 1.90. The Labute approximate surface area is 149 Å². The second-order valence-corrected chi connectivity index (χ2v) is 6.18. The van der Waals surface area contributed by atoms with Gasteiger partial charge in [-0.1, -0.05) is 48.5 Å². The summed E-state index contributed by atoms with van der Waals surface area (Å²) in [6.07, 6.45) is 0. The maximum Gasteiger partial charge on any atom is 0.146 e. The molecule has 0 radical (unpaired) electrons. The van der Waals surface area contributed by atoms with E-state index in [4.69, 9.17) is 11.5 Å². The van der Waals surface area contributed by atoms with Crippen LogP contribution in [-0.2, 0) is 0 Å². The van der Waals surface area contributed by atoms with Gasteiger partial charge in [-0.05, 0) is 57.3 Å². The van der Waals surface area contributed by atoms with Crippen molar-refractivity contribution in [3.8, 4) is 22.3 Å². The molecule has 0 aliphatic rings. The van der Waals surface area contributed by atoms with Gasteiger partial charge in [-0.15, -0.1) is 0 Å². The van der Waals surface area contributed by atoms with Crippen LogP contribution in [0.15, 0.2) is 72.8 Å². The molecule has 0 amide bonds. The maximum atomic E-state index is 13.9. The number of hydrogen-bond donors (Lipinski definition) is 2. The highest BCUT2D eigenvalue weighted by Gasteiger charge is 2.11. The van der Waals surface area contributed by atoms with Gasteiger partial charge in [-0.25, -0.2) is 8.78 Å². The summed E-state index contributed by atoms with van der Waals surface area (Å²) in [5.74, 6) is -0.896. The molecule has 0 atom stereocenters. The topological polar surface area (TPSA) is 52.0 Å². The van der Waals surface area contributed by atoms with E-state index in [1.165, 1.54) is 12.1 Å². The first-order chi connectivity index (χ1) is 12.5. The Balaban J connectivity index is 1.95. The highest BCUT2D eigenvalue weighted by Crippen LogP contribution is 2.36. The van der Waals surface area contributed by atoms with Crippen LogP contribution in [0.2, 0.25) is 0 Å². The number of halogens is 2. The fourth-order valence-corrected chi connectivity index (χ4v) is 3.20. The molecule has 4 N–H and O–H groups in total. The Kier molecular flexibility index (Phi) is 3.81. The lowest BCUT2D eigenvalue weighted by Crippen LogP contribution is -1.92. The van der Waals surface area contributed by atoms with Crippen molar-refractivity contribution in [3.63, 3.8) is 0 Å². The number of nitrogen functional groups attached to an aromatic ring is 2. The molecule has 0 unspecified atom stereocenters. The van der Waals surface area contributed by atoms with Crippen molar-refractivity contribution in [2.75, 3.05) is 11.5 Å². The van der Waals surface area contributed by atoms with E-state index < -0.39 is 11.6 Å². The van der Waals surface area contributed by atoms with E-state index in [9.17, 15) is 8.78 Å². The van der Waals surface area contributed by atoms with E-state index in [0.717, 1.165) is 33.0 Å². The summed E-state index contributed by atoms with van der Waals surface area (Å²) >= 11 is 0. The summed E-state index contributed by atoms with van der Waals surface area (Å²) in [5.41, 5.74) is 14.7. The second kappa shape index (κ2) is 6.15. The van der Waals surface area contributed by atoms with Gasteiger partial charge in [0, 0.05) is 0 Å². The minimum atomic E-state index is -0.448. The Bertz CT molecular complexity index is 1050. The Hall–Kier alpha value is -3.40. The summed E-state index contributed by atoms with van der Waals surface area (Å²) < 4.78 is 27.8. The molecule has 2 nitrogen and oxygen atoms in total. The summed E-state index contributed by atoms with van der Waals surface area (Å²) in [4.78, 5) is 0. The van der Waals surface area contributed by atoms with Crippen molar-refractivity contribution in [2.24, 2.45) is 0 Å². The van der Waals surface area contributed by atoms with Crippen LogP contribution in [0.1, 0.15) is 0 Å². The van der Waals surface area contributed by atoms with Crippen LogP contribution in [0.5, 0.6) is 0 Å². The van der Waals surface area contributed by atoms with Crippen molar-refractivity contribution in [1.29, 1.82) is 0 Å². The molecule has 26 heavy (non-hydrogen) atoms. The zero-order valence-corrected chi connectivity index (χ0v) is 13.8. The van der Waals surface area contributed by atoms with Gasteiger partial charge in [-0.2, -0.15) is 0 Å². The summed E-state index contributed by atoms with van der Waals surface area (Å²) in [6.45, 7) is 0. The van der Waals surface area contributed by atoms with E-state index in [2.05, 4.69) is 0 Å². The van der Waals surface area contributed by atoms with E-state index in [0.29, 0.717) is 0 Å². The first-order valence-corrected chi connectivity index (χ1v) is 8.17. The van der Waals surface area contributed by atoms with Gasteiger partial charge in [0.1, 0.15) is 11.6 Å². The normalized spacial score (nSPS) is 11.0. The molecule has 4 aromatic rings. The van der Waals surface area contributed by atoms with Crippen molar-refractivity contribution >= 4 is 22.1 Å². The lowest BCUT2D eigenvalue weighted by molar-refractivity contribution is 0.632. The monoisotopic (exact) mass is 346 g/mol. The molecule has 0 aliphatic heterocycles. The molecule has 4 aromatic carbocycles. The zero-order chi connectivity index (χ0) is 18.3. The lowest BCUT2D eigenvalue weighted by atomic mass is 9.93. The van der Waals surface area contributed by atoms with Gasteiger partial charge in [0.05, 0.1) is 11.4 Å². The fourth-order valence-electron chi connectivity index (χ4n) is 3.20. The third-order valence-electron chi connectivity index (χ3n) is 4.54. The molecular formula is C22H16F2N2. The van der Waals surface area contributed by atoms with E-state index in [1.807, 2.05) is 36.4 Å². The van der Waals surface area contributed by atoms with Gasteiger partial charge >= 0.3 is 0 Å². The van der Waals surface area contributed by atoms with Crippen LogP contribution < -0.4 is 11.5 Å². The van der Waals surface area contributed by atoms with E-state index >= 15 is 0 Å². The molecule has 0 saturated heterocycles. The van der Waals surface area contributed by atoms with Crippen molar-refractivity contribution < 1.29 is 8.78 Å². The average molecular weight is 346 g/mol. The lowest BCUT2D eigenvalue weighted by Gasteiger charge is -2.12. The third-order valence-corrected chi connectivity index (χ3v) is 4.54. The highest BCUT2D eigenvalue weighted by molar-refractivity contribution is 6.04. The summed E-state index contributed by atoms with van der Waals surface area (Å²) in [7, 11) is 0. The van der Waals surface area contributed by atoms with E-state index in [1.54, 1.807) is 24.3 Å². The molecule has 0 aliphatic carbocycles. The van der Waals surface area contributed by atoms with Gasteiger partial charge in [0.15, 0.2) is 0 Å². The number of hydrogen-bond acceptors (Lipinski definition) is 2. The van der Waals surface area contributed by atoms with Gasteiger partial charge < -0.3 is 11.5 Å². The molecule has 0 bridgehead atoms.